The number of carbonyl (C=O) groups is 3. The van der Waals surface area contributed by atoms with Crippen molar-refractivity contribution < 1.29 is 14.4 Å². The summed E-state index contributed by atoms with van der Waals surface area (Å²) in [5, 5.41) is 0.618. The van der Waals surface area contributed by atoms with Gasteiger partial charge in [0.25, 0.3) is 0 Å². The fourth-order valence-electron chi connectivity index (χ4n) is 4.64. The molecule has 3 heterocycles. The number of carbonyl (C=O) groups excluding carboxylic acids is 3. The smallest absolute Gasteiger partial charge is 0.239 e. The van der Waals surface area contributed by atoms with Gasteiger partial charge < -0.3 is 19.6 Å². The molecule has 1 aromatic rings. The largest absolute Gasteiger partial charge is 0.342 e. The first-order valence-corrected chi connectivity index (χ1v) is 11.1. The van der Waals surface area contributed by atoms with Crippen LogP contribution in [0.1, 0.15) is 19.3 Å². The van der Waals surface area contributed by atoms with E-state index in [1.165, 1.54) is 0 Å². The number of likely N-dealkylation sites (tertiary alicyclic amines) is 1. The molecule has 3 saturated heterocycles. The highest BCUT2D eigenvalue weighted by atomic mass is 35.5. The van der Waals surface area contributed by atoms with Crippen molar-refractivity contribution in [1.29, 1.82) is 0 Å². The molecule has 0 N–H and O–H groups in total. The minimum Gasteiger partial charge on any atom is -0.342 e. The Morgan fingerprint density at radius 2 is 1.43 bits per heavy atom. The molecule has 4 rings (SSSR count). The van der Waals surface area contributed by atoms with Crippen molar-refractivity contribution in [2.45, 2.75) is 19.3 Å². The molecule has 1 aromatic carbocycles. The quantitative estimate of drug-likeness (QED) is 0.682. The summed E-state index contributed by atoms with van der Waals surface area (Å²) in [6.07, 6.45) is 1.89. The summed E-state index contributed by atoms with van der Waals surface area (Å²) in [5.41, 5.74) is 0.774. The van der Waals surface area contributed by atoms with Crippen LogP contribution in [-0.2, 0) is 14.4 Å². The van der Waals surface area contributed by atoms with E-state index in [1.807, 2.05) is 17.0 Å². The van der Waals surface area contributed by atoms with Gasteiger partial charge in [0.05, 0.1) is 0 Å². The standard InChI is InChI=1S/C22H29ClN4O3/c1-24-12-14-26(15-13-24)20(28)16-6-9-25(10-7-16)21(29)19-8-11-27(22(19)30)18-4-2-17(23)3-5-18/h2-5,16,19H,6-15H2,1H3. The van der Waals surface area contributed by atoms with Crippen LogP contribution in [-0.4, -0.2) is 85.3 Å². The van der Waals surface area contributed by atoms with Crippen LogP contribution < -0.4 is 4.90 Å². The van der Waals surface area contributed by atoms with Crippen LogP contribution in [0.2, 0.25) is 5.02 Å². The fourth-order valence-corrected chi connectivity index (χ4v) is 4.76. The van der Waals surface area contributed by atoms with Crippen molar-refractivity contribution in [1.82, 2.24) is 14.7 Å². The third kappa shape index (κ3) is 4.32. The molecule has 0 spiro atoms. The van der Waals surface area contributed by atoms with Crippen molar-refractivity contribution in [2.75, 3.05) is 57.8 Å². The Morgan fingerprint density at radius 3 is 2.07 bits per heavy atom. The molecule has 1 unspecified atom stereocenters. The highest BCUT2D eigenvalue weighted by Crippen LogP contribution is 2.29. The fraction of sp³-hybridized carbons (Fsp3) is 0.591. The Hall–Kier alpha value is -2.12. The number of hydrogen-bond donors (Lipinski definition) is 0. The molecular weight excluding hydrogens is 404 g/mol. The molecule has 1 atom stereocenters. The van der Waals surface area contributed by atoms with Gasteiger partial charge >= 0.3 is 0 Å². The molecule has 7 nitrogen and oxygen atoms in total. The van der Waals surface area contributed by atoms with E-state index in [4.69, 9.17) is 11.6 Å². The molecule has 3 aliphatic rings. The first kappa shape index (κ1) is 21.1. The van der Waals surface area contributed by atoms with Gasteiger partial charge in [-0.3, -0.25) is 14.4 Å². The normalized spacial score (nSPS) is 23.9. The number of rotatable bonds is 3. The number of nitrogens with zero attached hydrogens (tertiary/aromatic N) is 4. The van der Waals surface area contributed by atoms with Gasteiger partial charge in [-0.2, -0.15) is 0 Å². The number of benzene rings is 1. The van der Waals surface area contributed by atoms with Gasteiger partial charge in [-0.1, -0.05) is 11.6 Å². The maximum absolute atomic E-state index is 13.0. The lowest BCUT2D eigenvalue weighted by Crippen LogP contribution is -2.51. The summed E-state index contributed by atoms with van der Waals surface area (Å²) in [4.78, 5) is 46.3. The summed E-state index contributed by atoms with van der Waals surface area (Å²) in [6.45, 7) is 5.03. The lowest BCUT2D eigenvalue weighted by atomic mass is 9.93. The Morgan fingerprint density at radius 1 is 0.833 bits per heavy atom. The molecule has 0 radical (unpaired) electrons. The third-order valence-electron chi connectivity index (χ3n) is 6.61. The van der Waals surface area contributed by atoms with Gasteiger partial charge in [0, 0.05) is 62.4 Å². The van der Waals surface area contributed by atoms with Gasteiger partial charge in [0.15, 0.2) is 0 Å². The number of piperazine rings is 1. The second kappa shape index (κ2) is 8.94. The van der Waals surface area contributed by atoms with E-state index in [0.717, 1.165) is 31.9 Å². The molecule has 3 fully saturated rings. The highest BCUT2D eigenvalue weighted by molar-refractivity contribution is 6.30. The molecule has 0 saturated carbocycles. The van der Waals surface area contributed by atoms with Crippen molar-refractivity contribution in [2.24, 2.45) is 11.8 Å². The van der Waals surface area contributed by atoms with Crippen LogP contribution >= 0.6 is 11.6 Å². The lowest BCUT2D eigenvalue weighted by molar-refractivity contribution is -0.145. The monoisotopic (exact) mass is 432 g/mol. The van der Waals surface area contributed by atoms with Crippen LogP contribution in [0.25, 0.3) is 0 Å². The topological polar surface area (TPSA) is 64.2 Å². The Bertz CT molecular complexity index is 799. The summed E-state index contributed by atoms with van der Waals surface area (Å²) >= 11 is 5.93. The van der Waals surface area contributed by atoms with Gasteiger partial charge in [-0.05, 0) is 50.6 Å². The molecule has 3 aliphatic heterocycles. The number of amides is 3. The molecule has 0 bridgehead atoms. The third-order valence-corrected chi connectivity index (χ3v) is 6.86. The molecule has 162 valence electrons. The van der Waals surface area contributed by atoms with Crippen molar-refractivity contribution >= 4 is 35.0 Å². The van der Waals surface area contributed by atoms with E-state index in [0.29, 0.717) is 43.9 Å². The van der Waals surface area contributed by atoms with Crippen LogP contribution in [0.4, 0.5) is 5.69 Å². The minimum atomic E-state index is -0.620. The van der Waals surface area contributed by atoms with Crippen LogP contribution in [0, 0.1) is 11.8 Å². The van der Waals surface area contributed by atoms with Gasteiger partial charge in [0.1, 0.15) is 5.92 Å². The zero-order valence-electron chi connectivity index (χ0n) is 17.4. The van der Waals surface area contributed by atoms with E-state index >= 15 is 0 Å². The Labute approximate surface area is 182 Å². The Kier molecular flexibility index (Phi) is 6.29. The summed E-state index contributed by atoms with van der Waals surface area (Å²) < 4.78 is 0. The maximum Gasteiger partial charge on any atom is 0.239 e. The number of halogens is 1. The maximum atomic E-state index is 13.0. The second-order valence-electron chi connectivity index (χ2n) is 8.54. The van der Waals surface area contributed by atoms with Gasteiger partial charge in [-0.25, -0.2) is 0 Å². The Balaban J connectivity index is 1.30. The predicted molar refractivity (Wildman–Crippen MR) is 115 cm³/mol. The number of hydrogen-bond acceptors (Lipinski definition) is 4. The van der Waals surface area contributed by atoms with Crippen LogP contribution in [0.5, 0.6) is 0 Å². The van der Waals surface area contributed by atoms with Crippen molar-refractivity contribution in [3.8, 4) is 0 Å². The zero-order chi connectivity index (χ0) is 21.3. The first-order chi connectivity index (χ1) is 14.4. The van der Waals surface area contributed by atoms with Gasteiger partial charge in [-0.15, -0.1) is 0 Å². The molecule has 0 aliphatic carbocycles. The average Bonchev–Trinajstić information content (AvgIpc) is 3.15. The van der Waals surface area contributed by atoms with E-state index in [1.54, 1.807) is 21.9 Å². The lowest BCUT2D eigenvalue weighted by Gasteiger charge is -2.38. The summed E-state index contributed by atoms with van der Waals surface area (Å²) in [6, 6.07) is 7.12. The minimum absolute atomic E-state index is 0.0118. The van der Waals surface area contributed by atoms with Crippen LogP contribution in [0.15, 0.2) is 24.3 Å². The van der Waals surface area contributed by atoms with E-state index in [9.17, 15) is 14.4 Å². The molecule has 8 heteroatoms. The van der Waals surface area contributed by atoms with E-state index in [2.05, 4.69) is 11.9 Å². The van der Waals surface area contributed by atoms with E-state index < -0.39 is 5.92 Å². The van der Waals surface area contributed by atoms with Gasteiger partial charge in [0.2, 0.25) is 17.7 Å². The predicted octanol–water partition coefficient (Wildman–Crippen LogP) is 1.71. The SMILES string of the molecule is CN1CCN(C(=O)C2CCN(C(=O)C3CCN(c4ccc(Cl)cc4)C3=O)CC2)CC1. The summed E-state index contributed by atoms with van der Waals surface area (Å²) in [7, 11) is 2.07. The molecule has 0 aromatic heterocycles. The summed E-state index contributed by atoms with van der Waals surface area (Å²) in [5.74, 6) is -0.645. The first-order valence-electron chi connectivity index (χ1n) is 10.8. The highest BCUT2D eigenvalue weighted by Gasteiger charge is 2.41. The second-order valence-corrected chi connectivity index (χ2v) is 8.97. The zero-order valence-corrected chi connectivity index (χ0v) is 18.2. The number of likely N-dealkylation sites (N-methyl/N-ethyl adjacent to an activating group) is 1. The molecular formula is C22H29ClN4O3. The average molecular weight is 433 g/mol. The number of piperidine rings is 1. The molecule has 30 heavy (non-hydrogen) atoms. The van der Waals surface area contributed by atoms with Crippen molar-refractivity contribution in [3.05, 3.63) is 29.3 Å². The van der Waals surface area contributed by atoms with Crippen LogP contribution in [0.3, 0.4) is 0 Å². The number of anilines is 1. The van der Waals surface area contributed by atoms with Crippen molar-refractivity contribution in [3.63, 3.8) is 0 Å². The molecule has 3 amide bonds. The van der Waals surface area contributed by atoms with E-state index in [-0.39, 0.29) is 23.6 Å².